The first kappa shape index (κ1) is 30.0. The van der Waals surface area contributed by atoms with Crippen molar-refractivity contribution in [2.45, 2.75) is 70.4 Å². The molecule has 1 saturated carbocycles. The van der Waals surface area contributed by atoms with Crippen molar-refractivity contribution in [2.75, 3.05) is 41.9 Å². The van der Waals surface area contributed by atoms with E-state index in [9.17, 15) is 4.79 Å². The molecule has 5 atom stereocenters. The largest absolute Gasteiger partial charge is 0.485 e. The van der Waals surface area contributed by atoms with Crippen LogP contribution in [0.25, 0.3) is 0 Å². The van der Waals surface area contributed by atoms with Crippen LogP contribution in [0.1, 0.15) is 46.0 Å². The molecule has 41 heavy (non-hydrogen) atoms. The lowest BCUT2D eigenvalue weighted by Gasteiger charge is -2.28. The first-order chi connectivity index (χ1) is 19.8. The van der Waals surface area contributed by atoms with Crippen molar-refractivity contribution in [2.24, 2.45) is 11.8 Å². The van der Waals surface area contributed by atoms with Gasteiger partial charge in [0.2, 0.25) is 0 Å². The monoisotopic (exact) mass is 607 g/mol. The maximum absolute atomic E-state index is 12.8. The van der Waals surface area contributed by atoms with E-state index in [0.717, 1.165) is 43.6 Å². The number of fused-ring (bicyclic) bond motifs is 1. The quantitative estimate of drug-likeness (QED) is 0.138. The number of halogens is 1. The molecular formula is C27H39ClN7O5P. The molecule has 4 unspecified atom stereocenters. The summed E-state index contributed by atoms with van der Waals surface area (Å²) in [4.78, 5) is 23.6. The van der Waals surface area contributed by atoms with Crippen molar-refractivity contribution >= 4 is 43.2 Å². The fourth-order valence-electron chi connectivity index (χ4n) is 5.36. The molecule has 3 aliphatic rings. The average Bonchev–Trinajstić information content (AvgIpc) is 3.70. The van der Waals surface area contributed by atoms with Gasteiger partial charge in [-0.15, -0.1) is 0 Å². The van der Waals surface area contributed by atoms with E-state index in [-0.39, 0.29) is 36.7 Å². The zero-order chi connectivity index (χ0) is 28.9. The molecule has 1 aromatic heterocycles. The summed E-state index contributed by atoms with van der Waals surface area (Å²) >= 11 is 6.01. The van der Waals surface area contributed by atoms with Gasteiger partial charge >= 0.3 is 5.97 Å². The summed E-state index contributed by atoms with van der Waals surface area (Å²) in [6.45, 7) is 4.85. The van der Waals surface area contributed by atoms with Gasteiger partial charge in [-0.3, -0.25) is 14.9 Å². The summed E-state index contributed by atoms with van der Waals surface area (Å²) in [5.41, 5.74) is 0.790. The predicted molar refractivity (Wildman–Crippen MR) is 159 cm³/mol. The number of rotatable bonds is 12. The molecule has 5 rings (SSSR count). The summed E-state index contributed by atoms with van der Waals surface area (Å²) in [6.07, 6.45) is 6.30. The summed E-state index contributed by atoms with van der Waals surface area (Å²) in [5.74, 6) is 7.98. The Balaban J connectivity index is 1.19. The van der Waals surface area contributed by atoms with Gasteiger partial charge in [-0.1, -0.05) is 18.5 Å². The normalized spacial score (nSPS) is 23.6. The van der Waals surface area contributed by atoms with Gasteiger partial charge in [-0.2, -0.15) is 0 Å². The fourth-order valence-corrected chi connectivity index (χ4v) is 6.86. The van der Waals surface area contributed by atoms with Gasteiger partial charge < -0.3 is 29.0 Å². The van der Waals surface area contributed by atoms with Crippen LogP contribution in [0.15, 0.2) is 30.6 Å². The highest BCUT2D eigenvalue weighted by atomic mass is 35.5. The Hall–Kier alpha value is -2.47. The number of hydrogen-bond acceptors (Lipinski definition) is 12. The zero-order valence-electron chi connectivity index (χ0n) is 23.7. The Morgan fingerprint density at radius 1 is 1.32 bits per heavy atom. The highest BCUT2D eigenvalue weighted by Gasteiger charge is 2.41. The highest BCUT2D eigenvalue weighted by Crippen LogP contribution is 2.41. The molecule has 2 aromatic rings. The Bertz CT molecular complexity index is 1170. The number of benzene rings is 1. The maximum atomic E-state index is 12.8. The standard InChI is InChI=1S/C27H39ClN7O5P/c1-17-12-22(39-26(17)35-15-32-23-24(34(3)29)30-14-31-25(23)35)13-38-41(16-37-20-10-8-19(28)9-11-20)33-18(2)27(36)40-21-6-4-5-7-21/h8-11,14,17-18,21-22,26,32-33H,4-7,12-13,15-16,29H2,1-3H3/t17?,18?,22?,26-,41?/m1/s1. The minimum Gasteiger partial charge on any atom is -0.485 e. The van der Waals surface area contributed by atoms with Crippen LogP contribution < -0.4 is 30.9 Å². The van der Waals surface area contributed by atoms with Crippen molar-refractivity contribution in [3.05, 3.63) is 35.6 Å². The third-order valence-electron chi connectivity index (χ3n) is 7.45. The van der Waals surface area contributed by atoms with Gasteiger partial charge in [-0.25, -0.2) is 15.8 Å². The van der Waals surface area contributed by atoms with Gasteiger partial charge in [0.05, 0.1) is 19.4 Å². The summed E-state index contributed by atoms with van der Waals surface area (Å²) < 4.78 is 24.5. The number of hydrogen-bond donors (Lipinski definition) is 3. The van der Waals surface area contributed by atoms with Crippen LogP contribution in [0.5, 0.6) is 5.75 Å². The second-order valence-electron chi connectivity index (χ2n) is 10.8. The SMILES string of the molecule is CC(NP(COc1ccc(Cl)cc1)OCC1CC(C)[C@H](N2CNc3c(N(C)N)ncnc32)O1)C(=O)OC1CCCC1. The summed E-state index contributed by atoms with van der Waals surface area (Å²) in [6, 6.07) is 6.62. The second-order valence-corrected chi connectivity index (χ2v) is 12.7. The van der Waals surface area contributed by atoms with Crippen molar-refractivity contribution in [3.63, 3.8) is 0 Å². The van der Waals surface area contributed by atoms with E-state index in [2.05, 4.69) is 32.2 Å². The highest BCUT2D eigenvalue weighted by molar-refractivity contribution is 7.50. The van der Waals surface area contributed by atoms with Crippen LogP contribution in [-0.4, -0.2) is 67.1 Å². The van der Waals surface area contributed by atoms with E-state index in [0.29, 0.717) is 29.9 Å². The predicted octanol–water partition coefficient (Wildman–Crippen LogP) is 4.21. The van der Waals surface area contributed by atoms with E-state index in [4.69, 9.17) is 36.2 Å². The maximum Gasteiger partial charge on any atom is 0.323 e. The molecule has 0 amide bonds. The molecule has 14 heteroatoms. The minimum atomic E-state index is -1.34. The van der Waals surface area contributed by atoms with Crippen molar-refractivity contribution in [3.8, 4) is 5.75 Å². The molecule has 1 aliphatic carbocycles. The number of nitrogens with zero attached hydrogens (tertiary/aromatic N) is 4. The van der Waals surface area contributed by atoms with Crippen molar-refractivity contribution < 1.29 is 23.5 Å². The number of carbonyl (C=O) groups excluding carboxylic acids is 1. The molecule has 2 aliphatic heterocycles. The van der Waals surface area contributed by atoms with E-state index in [1.54, 1.807) is 38.2 Å². The first-order valence-electron chi connectivity index (χ1n) is 14.0. The Morgan fingerprint density at radius 3 is 2.80 bits per heavy atom. The van der Waals surface area contributed by atoms with Gasteiger partial charge in [0.25, 0.3) is 0 Å². The number of aromatic nitrogens is 2. The van der Waals surface area contributed by atoms with Crippen LogP contribution in [-0.2, 0) is 18.8 Å². The smallest absolute Gasteiger partial charge is 0.323 e. The Labute approximate surface area is 247 Å². The average molecular weight is 608 g/mol. The van der Waals surface area contributed by atoms with Crippen LogP contribution in [0.2, 0.25) is 5.02 Å². The number of hydrazine groups is 1. The minimum absolute atomic E-state index is 0.00586. The molecule has 12 nitrogen and oxygen atoms in total. The second kappa shape index (κ2) is 13.7. The van der Waals surface area contributed by atoms with E-state index < -0.39 is 14.3 Å². The topological polar surface area (TPSA) is 136 Å². The van der Waals surface area contributed by atoms with E-state index in [1.165, 1.54) is 11.3 Å². The lowest BCUT2D eigenvalue weighted by Crippen LogP contribution is -2.39. The summed E-state index contributed by atoms with van der Waals surface area (Å²) in [7, 11) is 0.401. The van der Waals surface area contributed by atoms with Gasteiger partial charge in [0.1, 0.15) is 50.8 Å². The number of anilines is 3. The number of ether oxygens (including phenoxy) is 3. The number of nitrogens with one attached hydrogen (secondary N) is 2. The number of carbonyl (C=O) groups is 1. The molecule has 3 heterocycles. The van der Waals surface area contributed by atoms with E-state index in [1.807, 2.05) is 0 Å². The van der Waals surface area contributed by atoms with E-state index >= 15 is 0 Å². The molecule has 1 saturated heterocycles. The van der Waals surface area contributed by atoms with Gasteiger partial charge in [0.15, 0.2) is 11.6 Å². The first-order valence-corrected chi connectivity index (χ1v) is 15.9. The van der Waals surface area contributed by atoms with Crippen molar-refractivity contribution in [1.82, 2.24) is 15.1 Å². The molecule has 2 fully saturated rings. The van der Waals surface area contributed by atoms with Gasteiger partial charge in [-0.05, 0) is 63.3 Å². The zero-order valence-corrected chi connectivity index (χ0v) is 25.3. The third kappa shape index (κ3) is 7.49. The Morgan fingerprint density at radius 2 is 2.07 bits per heavy atom. The molecule has 0 radical (unpaired) electrons. The molecule has 4 N–H and O–H groups in total. The lowest BCUT2D eigenvalue weighted by molar-refractivity contribution is -0.150. The summed E-state index contributed by atoms with van der Waals surface area (Å²) in [5, 5.41) is 8.76. The van der Waals surface area contributed by atoms with Crippen LogP contribution in [0.3, 0.4) is 0 Å². The van der Waals surface area contributed by atoms with Crippen molar-refractivity contribution in [1.29, 1.82) is 0 Å². The Kier molecular flexibility index (Phi) is 10.0. The van der Waals surface area contributed by atoms with Crippen LogP contribution in [0, 0.1) is 5.92 Å². The molecule has 224 valence electrons. The third-order valence-corrected chi connectivity index (χ3v) is 9.21. The number of nitrogens with two attached hydrogens (primary N) is 1. The lowest BCUT2D eigenvalue weighted by atomic mass is 10.1. The molecule has 1 aromatic carbocycles. The molecule has 0 bridgehead atoms. The van der Waals surface area contributed by atoms with Crippen LogP contribution in [0.4, 0.5) is 17.3 Å². The van der Waals surface area contributed by atoms with Gasteiger partial charge in [0, 0.05) is 18.0 Å². The van der Waals surface area contributed by atoms with Crippen LogP contribution >= 0.6 is 19.9 Å². The number of esters is 1. The molecule has 0 spiro atoms. The fraction of sp³-hybridized carbons (Fsp3) is 0.593. The molecular weight excluding hydrogens is 569 g/mol.